The van der Waals surface area contributed by atoms with E-state index in [1.807, 2.05) is 12.1 Å². The summed E-state index contributed by atoms with van der Waals surface area (Å²) in [6.45, 7) is 5.37. The minimum absolute atomic E-state index is 0.580. The van der Waals surface area contributed by atoms with Gasteiger partial charge in [0.2, 0.25) is 0 Å². The zero-order chi connectivity index (χ0) is 14.3. The van der Waals surface area contributed by atoms with Gasteiger partial charge in [-0.1, -0.05) is 37.6 Å². The second-order valence-corrected chi connectivity index (χ2v) is 4.97. The van der Waals surface area contributed by atoms with Crippen molar-refractivity contribution in [1.82, 2.24) is 4.90 Å². The Morgan fingerprint density at radius 2 is 2.00 bits per heavy atom. The third-order valence-corrected chi connectivity index (χ3v) is 3.29. The summed E-state index contributed by atoms with van der Waals surface area (Å²) < 4.78 is 0. The molecule has 0 heterocycles. The number of carboxylic acids is 1. The number of hydrogen-bond donors (Lipinski definition) is 1. The van der Waals surface area contributed by atoms with Gasteiger partial charge in [0.15, 0.2) is 0 Å². The highest BCUT2D eigenvalue weighted by molar-refractivity contribution is 5.85. The largest absolute Gasteiger partial charge is 0.478 e. The van der Waals surface area contributed by atoms with Crippen LogP contribution in [0.5, 0.6) is 0 Å². The van der Waals surface area contributed by atoms with Crippen molar-refractivity contribution in [3.63, 3.8) is 0 Å². The van der Waals surface area contributed by atoms with Crippen molar-refractivity contribution >= 4 is 12.0 Å². The van der Waals surface area contributed by atoms with Crippen molar-refractivity contribution in [1.29, 1.82) is 0 Å². The molecule has 1 atom stereocenters. The molecule has 3 heteroatoms. The van der Waals surface area contributed by atoms with Crippen molar-refractivity contribution in [2.24, 2.45) is 0 Å². The van der Waals surface area contributed by atoms with Gasteiger partial charge < -0.3 is 5.11 Å². The molecule has 19 heavy (non-hydrogen) atoms. The predicted octanol–water partition coefficient (Wildman–Crippen LogP) is 3.40. The molecule has 0 saturated carbocycles. The van der Waals surface area contributed by atoms with Crippen LogP contribution in [-0.2, 0) is 11.3 Å². The number of benzene rings is 1. The fourth-order valence-corrected chi connectivity index (χ4v) is 1.98. The maximum absolute atomic E-state index is 10.4. The summed E-state index contributed by atoms with van der Waals surface area (Å²) in [5.41, 5.74) is 2.16. The molecule has 1 aromatic carbocycles. The Hall–Kier alpha value is -1.61. The van der Waals surface area contributed by atoms with E-state index in [0.717, 1.165) is 18.2 Å². The molecule has 0 spiro atoms. The smallest absolute Gasteiger partial charge is 0.328 e. The second kappa shape index (κ2) is 7.74. The number of nitrogens with zero attached hydrogens (tertiary/aromatic N) is 1. The molecule has 0 radical (unpaired) electrons. The molecule has 1 rings (SSSR count). The first-order valence-electron chi connectivity index (χ1n) is 6.73. The Morgan fingerprint density at radius 1 is 1.37 bits per heavy atom. The molecule has 1 aromatic rings. The first-order chi connectivity index (χ1) is 9.02. The van der Waals surface area contributed by atoms with Gasteiger partial charge in [0.1, 0.15) is 0 Å². The van der Waals surface area contributed by atoms with E-state index in [1.165, 1.54) is 18.4 Å². The first-order valence-corrected chi connectivity index (χ1v) is 6.73. The molecule has 0 aliphatic carbocycles. The zero-order valence-electron chi connectivity index (χ0n) is 12.0. The second-order valence-electron chi connectivity index (χ2n) is 4.97. The van der Waals surface area contributed by atoms with Crippen LogP contribution in [0.25, 0.3) is 6.08 Å². The van der Waals surface area contributed by atoms with Gasteiger partial charge in [0.05, 0.1) is 0 Å². The highest BCUT2D eigenvalue weighted by atomic mass is 16.4. The maximum Gasteiger partial charge on any atom is 0.328 e. The molecule has 0 fully saturated rings. The third-order valence-electron chi connectivity index (χ3n) is 3.29. The summed E-state index contributed by atoms with van der Waals surface area (Å²) in [6, 6.07) is 8.59. The summed E-state index contributed by atoms with van der Waals surface area (Å²) >= 11 is 0. The van der Waals surface area contributed by atoms with E-state index < -0.39 is 5.97 Å². The Balaban J connectivity index is 2.59. The molecule has 0 saturated heterocycles. The van der Waals surface area contributed by atoms with Crippen LogP contribution in [-0.4, -0.2) is 29.1 Å². The lowest BCUT2D eigenvalue weighted by molar-refractivity contribution is -0.131. The Kier molecular flexibility index (Phi) is 6.30. The van der Waals surface area contributed by atoms with E-state index in [-0.39, 0.29) is 0 Å². The van der Waals surface area contributed by atoms with E-state index in [9.17, 15) is 4.79 Å². The normalized spacial score (nSPS) is 13.1. The third kappa shape index (κ3) is 5.71. The van der Waals surface area contributed by atoms with Crippen LogP contribution in [0, 0.1) is 0 Å². The molecule has 3 nitrogen and oxygen atoms in total. The fourth-order valence-electron chi connectivity index (χ4n) is 1.98. The van der Waals surface area contributed by atoms with Crippen molar-refractivity contribution < 1.29 is 9.90 Å². The number of hydrogen-bond acceptors (Lipinski definition) is 2. The summed E-state index contributed by atoms with van der Waals surface area (Å²) in [6.07, 6.45) is 5.17. The van der Waals surface area contributed by atoms with Gasteiger partial charge in [-0.3, -0.25) is 4.90 Å². The van der Waals surface area contributed by atoms with Crippen LogP contribution in [0.1, 0.15) is 37.8 Å². The molecule has 0 amide bonds. The molecule has 0 bridgehead atoms. The Labute approximate surface area is 115 Å². The average Bonchev–Trinajstić information content (AvgIpc) is 2.38. The lowest BCUT2D eigenvalue weighted by Crippen LogP contribution is -2.28. The van der Waals surface area contributed by atoms with Crippen LogP contribution in [0.3, 0.4) is 0 Å². The van der Waals surface area contributed by atoms with Crippen molar-refractivity contribution in [3.8, 4) is 0 Å². The minimum Gasteiger partial charge on any atom is -0.478 e. The van der Waals surface area contributed by atoms with Crippen LogP contribution in [0.2, 0.25) is 0 Å². The monoisotopic (exact) mass is 261 g/mol. The molecule has 1 N–H and O–H groups in total. The molecule has 0 aliphatic heterocycles. The predicted molar refractivity (Wildman–Crippen MR) is 78.9 cm³/mol. The zero-order valence-corrected chi connectivity index (χ0v) is 12.0. The molecular formula is C16H23NO2. The highest BCUT2D eigenvalue weighted by Crippen LogP contribution is 2.11. The highest BCUT2D eigenvalue weighted by Gasteiger charge is 2.08. The molecule has 0 aliphatic rings. The van der Waals surface area contributed by atoms with E-state index in [0.29, 0.717) is 6.04 Å². The quantitative estimate of drug-likeness (QED) is 0.765. The number of aliphatic carboxylic acids is 1. The van der Waals surface area contributed by atoms with Gasteiger partial charge in [0.25, 0.3) is 0 Å². The van der Waals surface area contributed by atoms with Gasteiger partial charge in [-0.25, -0.2) is 4.79 Å². The van der Waals surface area contributed by atoms with Gasteiger partial charge in [-0.05, 0) is 37.6 Å². The van der Waals surface area contributed by atoms with Gasteiger partial charge in [0, 0.05) is 18.7 Å². The topological polar surface area (TPSA) is 40.5 Å². The van der Waals surface area contributed by atoms with Crippen LogP contribution in [0.4, 0.5) is 0 Å². The molecule has 1 unspecified atom stereocenters. The van der Waals surface area contributed by atoms with Crippen molar-refractivity contribution in [2.75, 3.05) is 7.05 Å². The summed E-state index contributed by atoms with van der Waals surface area (Å²) in [5.74, 6) is -0.919. The van der Waals surface area contributed by atoms with Gasteiger partial charge >= 0.3 is 5.97 Å². The standard InChI is InChI=1S/C16H23NO2/c1-4-5-13(2)17(3)12-15-8-6-14(7-9-15)10-11-16(18)19/h6-11,13H,4-5,12H2,1-3H3,(H,18,19)/b11-10+. The summed E-state index contributed by atoms with van der Waals surface area (Å²) in [4.78, 5) is 12.8. The van der Waals surface area contributed by atoms with Gasteiger partial charge in [-0.2, -0.15) is 0 Å². The summed E-state index contributed by atoms with van der Waals surface area (Å²) in [7, 11) is 2.14. The average molecular weight is 261 g/mol. The Morgan fingerprint density at radius 3 is 2.53 bits per heavy atom. The minimum atomic E-state index is -0.919. The van der Waals surface area contributed by atoms with E-state index in [2.05, 4.69) is 37.9 Å². The molecule has 104 valence electrons. The van der Waals surface area contributed by atoms with E-state index >= 15 is 0 Å². The van der Waals surface area contributed by atoms with E-state index in [1.54, 1.807) is 6.08 Å². The SMILES string of the molecule is CCCC(C)N(C)Cc1ccc(/C=C/C(=O)O)cc1. The molecule has 0 aromatic heterocycles. The first kappa shape index (κ1) is 15.4. The number of rotatable bonds is 7. The van der Waals surface area contributed by atoms with Gasteiger partial charge in [-0.15, -0.1) is 0 Å². The van der Waals surface area contributed by atoms with Crippen LogP contribution in [0.15, 0.2) is 30.3 Å². The van der Waals surface area contributed by atoms with E-state index in [4.69, 9.17) is 5.11 Å². The number of carbonyl (C=O) groups is 1. The van der Waals surface area contributed by atoms with Crippen molar-refractivity contribution in [2.45, 2.75) is 39.3 Å². The fraction of sp³-hybridized carbons (Fsp3) is 0.438. The lowest BCUT2D eigenvalue weighted by Gasteiger charge is -2.24. The number of carboxylic acid groups (broad SMARTS) is 1. The van der Waals surface area contributed by atoms with Crippen LogP contribution < -0.4 is 0 Å². The van der Waals surface area contributed by atoms with Crippen molar-refractivity contribution in [3.05, 3.63) is 41.5 Å². The molecular weight excluding hydrogens is 238 g/mol. The van der Waals surface area contributed by atoms with Crippen LogP contribution >= 0.6 is 0 Å². The summed E-state index contributed by atoms with van der Waals surface area (Å²) in [5, 5.41) is 8.57. The lowest BCUT2D eigenvalue weighted by atomic mass is 10.1. The maximum atomic E-state index is 10.4. The Bertz CT molecular complexity index is 423.